The maximum absolute atomic E-state index is 13.7. The minimum atomic E-state index is -0.478. The van der Waals surface area contributed by atoms with Crippen LogP contribution >= 0.6 is 0 Å². The van der Waals surface area contributed by atoms with Gasteiger partial charge in [-0.05, 0) is 50.3 Å². The van der Waals surface area contributed by atoms with E-state index in [2.05, 4.69) is 15.3 Å². The molecule has 0 bridgehead atoms. The van der Waals surface area contributed by atoms with Crippen molar-refractivity contribution in [1.29, 1.82) is 0 Å². The first-order valence-corrected chi connectivity index (χ1v) is 11.6. The van der Waals surface area contributed by atoms with Crippen LogP contribution in [0, 0.1) is 0 Å². The highest BCUT2D eigenvalue weighted by atomic mass is 19.1. The third-order valence-corrected chi connectivity index (χ3v) is 5.64. The van der Waals surface area contributed by atoms with Gasteiger partial charge in [0, 0.05) is 52.2 Å². The van der Waals surface area contributed by atoms with Gasteiger partial charge in [-0.3, -0.25) is 9.59 Å². The van der Waals surface area contributed by atoms with Crippen molar-refractivity contribution >= 4 is 29.7 Å². The molecule has 1 aromatic rings. The molecule has 2 aliphatic rings. The molecule has 1 saturated heterocycles. The monoisotopic (exact) mass is 469 g/mol. The van der Waals surface area contributed by atoms with Crippen LogP contribution in [0.4, 0.5) is 15.9 Å². The van der Waals surface area contributed by atoms with Gasteiger partial charge in [0.05, 0.1) is 11.9 Å². The number of amides is 2. The average Bonchev–Trinajstić information content (AvgIpc) is 3.08. The van der Waals surface area contributed by atoms with Gasteiger partial charge in [-0.1, -0.05) is 12.2 Å². The summed E-state index contributed by atoms with van der Waals surface area (Å²) in [5.41, 5.74) is 1.11. The number of carbonyl (C=O) groups is 2. The van der Waals surface area contributed by atoms with E-state index in [1.807, 2.05) is 16.8 Å². The molecule has 34 heavy (non-hydrogen) atoms. The number of aromatic nitrogens is 1. The van der Waals surface area contributed by atoms with Crippen LogP contribution in [0.1, 0.15) is 42.5 Å². The molecule has 1 aliphatic heterocycles. The highest BCUT2D eigenvalue weighted by Crippen LogP contribution is 2.27. The summed E-state index contributed by atoms with van der Waals surface area (Å²) in [5.74, 6) is -0.425. The Balaban J connectivity index is 1.80. The molecule has 1 N–H and O–H groups in total. The van der Waals surface area contributed by atoms with E-state index < -0.39 is 11.7 Å². The molecule has 0 saturated carbocycles. The van der Waals surface area contributed by atoms with Crippen molar-refractivity contribution in [3.63, 3.8) is 0 Å². The van der Waals surface area contributed by atoms with Crippen LogP contribution in [-0.4, -0.2) is 68.4 Å². The highest BCUT2D eigenvalue weighted by Gasteiger charge is 2.20. The van der Waals surface area contributed by atoms with E-state index in [1.54, 1.807) is 31.5 Å². The van der Waals surface area contributed by atoms with Crippen LogP contribution in [0.25, 0.3) is 0 Å². The van der Waals surface area contributed by atoms with E-state index in [0.29, 0.717) is 36.6 Å². The quantitative estimate of drug-likeness (QED) is 0.339. The van der Waals surface area contributed by atoms with Gasteiger partial charge in [-0.2, -0.15) is 0 Å². The van der Waals surface area contributed by atoms with Crippen LogP contribution in [-0.2, 0) is 9.53 Å². The molecule has 0 atom stereocenters. The molecule has 2 heterocycles. The second-order valence-corrected chi connectivity index (χ2v) is 8.25. The topological polar surface area (TPSA) is 87.1 Å². The Kier molecular flexibility index (Phi) is 9.51. The lowest BCUT2D eigenvalue weighted by atomic mass is 10.1. The van der Waals surface area contributed by atoms with Gasteiger partial charge in [0.15, 0.2) is 5.82 Å². The number of anilines is 1. The number of rotatable bonds is 9. The normalized spacial score (nSPS) is 16.1. The highest BCUT2D eigenvalue weighted by molar-refractivity contribution is 6.03. The summed E-state index contributed by atoms with van der Waals surface area (Å²) in [6.45, 7) is 2.76. The lowest BCUT2D eigenvalue weighted by Gasteiger charge is -2.27. The summed E-state index contributed by atoms with van der Waals surface area (Å²) in [4.78, 5) is 38.1. The number of hydrogen-bond acceptors (Lipinski definition) is 6. The maximum Gasteiger partial charge on any atom is 0.256 e. The Bertz CT molecular complexity index is 996. The summed E-state index contributed by atoms with van der Waals surface area (Å²) in [7, 11) is 3.54. The number of carbonyl (C=O) groups excluding carboxylic acids is 2. The Morgan fingerprint density at radius 3 is 2.88 bits per heavy atom. The van der Waals surface area contributed by atoms with Crippen molar-refractivity contribution in [3.8, 4) is 0 Å². The average molecular weight is 470 g/mol. The fourth-order valence-electron chi connectivity index (χ4n) is 3.80. The molecular formula is C25H32FN5O3. The molecule has 2 amide bonds. The van der Waals surface area contributed by atoms with Crippen LogP contribution in [0.15, 0.2) is 53.0 Å². The Morgan fingerprint density at radius 2 is 2.12 bits per heavy atom. The number of pyridine rings is 1. The predicted octanol–water partition coefficient (Wildman–Crippen LogP) is 3.70. The first-order valence-electron chi connectivity index (χ1n) is 11.6. The molecule has 0 radical (unpaired) electrons. The van der Waals surface area contributed by atoms with E-state index >= 15 is 0 Å². The van der Waals surface area contributed by atoms with E-state index in [-0.39, 0.29) is 11.5 Å². The number of methoxy groups -OCH3 is 1. The fourth-order valence-corrected chi connectivity index (χ4v) is 3.80. The fraction of sp³-hybridized carbons (Fsp3) is 0.440. The summed E-state index contributed by atoms with van der Waals surface area (Å²) in [6, 6.07) is 1.70. The standard InChI is InChI=1S/C25H32FN5O3/c1-30(11-8-14-34-2)23-22(16-20(17-27-23)25(33)31-12-6-3-7-13-31)28-18-29-24(32)19-9-4-5-10-21(26)15-19/h4,9-10,15-18H,3,5-8,11-14H2,1-2H3,(H,28,29,32). The molecule has 0 aromatic carbocycles. The van der Waals surface area contributed by atoms with Gasteiger partial charge in [-0.15, -0.1) is 0 Å². The summed E-state index contributed by atoms with van der Waals surface area (Å²) < 4.78 is 18.8. The van der Waals surface area contributed by atoms with Gasteiger partial charge in [-0.25, -0.2) is 14.4 Å². The van der Waals surface area contributed by atoms with E-state index in [4.69, 9.17) is 4.74 Å². The lowest BCUT2D eigenvalue weighted by molar-refractivity contribution is -0.115. The van der Waals surface area contributed by atoms with Crippen molar-refractivity contribution in [3.05, 3.63) is 53.5 Å². The largest absolute Gasteiger partial charge is 0.385 e. The zero-order valence-electron chi connectivity index (χ0n) is 19.8. The molecule has 182 valence electrons. The number of likely N-dealkylation sites (tertiary alicyclic amines) is 1. The van der Waals surface area contributed by atoms with Gasteiger partial charge in [0.25, 0.3) is 11.8 Å². The molecule has 1 aromatic heterocycles. The van der Waals surface area contributed by atoms with Crippen molar-refractivity contribution < 1.29 is 18.7 Å². The third kappa shape index (κ3) is 7.08. The molecule has 8 nitrogen and oxygen atoms in total. The Hall–Kier alpha value is -3.33. The van der Waals surface area contributed by atoms with E-state index in [9.17, 15) is 14.0 Å². The molecule has 9 heteroatoms. The number of nitrogens with zero attached hydrogens (tertiary/aromatic N) is 4. The first kappa shape index (κ1) is 25.3. The number of piperidine rings is 1. The number of hydrogen-bond donors (Lipinski definition) is 1. The number of aliphatic imine (C=N–C) groups is 1. The van der Waals surface area contributed by atoms with Crippen molar-refractivity contribution in [2.75, 3.05) is 45.3 Å². The number of ether oxygens (including phenoxy) is 1. The van der Waals surface area contributed by atoms with Crippen molar-refractivity contribution in [1.82, 2.24) is 15.2 Å². The lowest BCUT2D eigenvalue weighted by Crippen LogP contribution is -2.35. The van der Waals surface area contributed by atoms with Crippen molar-refractivity contribution in [2.45, 2.75) is 32.1 Å². The summed E-state index contributed by atoms with van der Waals surface area (Å²) >= 11 is 0. The Morgan fingerprint density at radius 1 is 1.32 bits per heavy atom. The minimum absolute atomic E-state index is 0.0720. The number of allylic oxidation sites excluding steroid dienone is 4. The second kappa shape index (κ2) is 12.8. The van der Waals surface area contributed by atoms with Crippen LogP contribution in [0.5, 0.6) is 0 Å². The third-order valence-electron chi connectivity index (χ3n) is 5.64. The minimum Gasteiger partial charge on any atom is -0.385 e. The van der Waals surface area contributed by atoms with Gasteiger partial charge in [0.2, 0.25) is 0 Å². The smallest absolute Gasteiger partial charge is 0.256 e. The molecule has 1 aliphatic carbocycles. The zero-order chi connectivity index (χ0) is 24.3. The number of nitrogens with one attached hydrogen (secondary N) is 1. The molecule has 0 spiro atoms. The second-order valence-electron chi connectivity index (χ2n) is 8.25. The predicted molar refractivity (Wildman–Crippen MR) is 131 cm³/mol. The maximum atomic E-state index is 13.7. The van der Waals surface area contributed by atoms with Crippen molar-refractivity contribution in [2.24, 2.45) is 4.99 Å². The summed E-state index contributed by atoms with van der Waals surface area (Å²) in [5, 5.41) is 2.57. The van der Waals surface area contributed by atoms with Crippen LogP contribution < -0.4 is 10.2 Å². The SMILES string of the molecule is COCCCN(C)c1ncc(C(=O)N2CCCCC2)cc1N=CNC(=O)C1=CC(F)=CCC=C1. The summed E-state index contributed by atoms with van der Waals surface area (Å²) in [6.07, 6.45) is 13.0. The molecular weight excluding hydrogens is 437 g/mol. The van der Waals surface area contributed by atoms with Gasteiger partial charge < -0.3 is 19.9 Å². The van der Waals surface area contributed by atoms with Crippen LogP contribution in [0.2, 0.25) is 0 Å². The van der Waals surface area contributed by atoms with Gasteiger partial charge in [0.1, 0.15) is 11.5 Å². The molecule has 3 rings (SSSR count). The Labute approximate surface area is 199 Å². The van der Waals surface area contributed by atoms with Gasteiger partial charge >= 0.3 is 0 Å². The van der Waals surface area contributed by atoms with E-state index in [1.165, 1.54) is 18.5 Å². The number of halogens is 1. The zero-order valence-corrected chi connectivity index (χ0v) is 19.8. The molecule has 1 fully saturated rings. The molecule has 0 unspecified atom stereocenters. The van der Waals surface area contributed by atoms with E-state index in [0.717, 1.165) is 38.8 Å². The first-order chi connectivity index (χ1) is 16.5. The van der Waals surface area contributed by atoms with Crippen LogP contribution in [0.3, 0.4) is 0 Å².